The smallest absolute Gasteiger partial charge is 0.122 e. The Bertz CT molecular complexity index is 353. The SMILES string of the molecule is Brn1n[c]c2ccccc21. The quantitative estimate of drug-likeness (QED) is 0.629. The molecule has 49 valence electrons. The van der Waals surface area contributed by atoms with Crippen molar-refractivity contribution in [2.75, 3.05) is 0 Å². The number of halogens is 1. The number of hydrogen-bond acceptors (Lipinski definition) is 1. The minimum absolute atomic E-state index is 1.03. The first-order valence-electron chi connectivity index (χ1n) is 2.89. The molecule has 2 aromatic rings. The van der Waals surface area contributed by atoms with Crippen molar-refractivity contribution in [1.82, 2.24) is 8.81 Å². The molecule has 0 saturated carbocycles. The van der Waals surface area contributed by atoms with Gasteiger partial charge in [-0.3, -0.25) is 0 Å². The van der Waals surface area contributed by atoms with Crippen molar-refractivity contribution in [1.29, 1.82) is 0 Å². The Balaban J connectivity index is 2.93. The van der Waals surface area contributed by atoms with E-state index in [0.29, 0.717) is 0 Å². The van der Waals surface area contributed by atoms with Crippen molar-refractivity contribution in [3.05, 3.63) is 30.5 Å². The lowest BCUT2D eigenvalue weighted by Gasteiger charge is -1.87. The first-order chi connectivity index (χ1) is 4.88. The van der Waals surface area contributed by atoms with Crippen LogP contribution in [0, 0.1) is 6.20 Å². The summed E-state index contributed by atoms with van der Waals surface area (Å²) >= 11 is 3.24. The summed E-state index contributed by atoms with van der Waals surface area (Å²) < 4.78 is 1.63. The lowest BCUT2D eigenvalue weighted by atomic mass is 10.3. The molecule has 1 aromatic carbocycles. The fourth-order valence-electron chi connectivity index (χ4n) is 0.881. The van der Waals surface area contributed by atoms with Crippen LogP contribution in [0.3, 0.4) is 0 Å². The van der Waals surface area contributed by atoms with E-state index in [2.05, 4.69) is 27.4 Å². The first-order valence-corrected chi connectivity index (χ1v) is 3.60. The summed E-state index contributed by atoms with van der Waals surface area (Å²) in [5, 5.41) is 4.93. The predicted octanol–water partition coefficient (Wildman–Crippen LogP) is 1.99. The Morgan fingerprint density at radius 2 is 2.20 bits per heavy atom. The molecule has 0 N–H and O–H groups in total. The maximum atomic E-state index is 3.90. The Morgan fingerprint density at radius 3 is 3.00 bits per heavy atom. The number of rotatable bonds is 0. The van der Waals surface area contributed by atoms with Gasteiger partial charge in [0.15, 0.2) is 0 Å². The fourth-order valence-corrected chi connectivity index (χ4v) is 1.27. The summed E-state index contributed by atoms with van der Waals surface area (Å²) in [7, 11) is 0. The summed E-state index contributed by atoms with van der Waals surface area (Å²) in [5.74, 6) is 0. The van der Waals surface area contributed by atoms with Gasteiger partial charge >= 0.3 is 0 Å². The highest BCUT2D eigenvalue weighted by Gasteiger charge is 1.96. The minimum atomic E-state index is 1.03. The predicted molar refractivity (Wildman–Crippen MR) is 42.9 cm³/mol. The van der Waals surface area contributed by atoms with Crippen LogP contribution in [0.5, 0.6) is 0 Å². The Morgan fingerprint density at radius 1 is 1.40 bits per heavy atom. The Labute approximate surface area is 66.8 Å². The molecule has 0 fully saturated rings. The van der Waals surface area contributed by atoms with Gasteiger partial charge in [-0.2, -0.15) is 8.81 Å². The van der Waals surface area contributed by atoms with Gasteiger partial charge in [0, 0.05) is 5.39 Å². The van der Waals surface area contributed by atoms with Crippen LogP contribution in [0.1, 0.15) is 0 Å². The van der Waals surface area contributed by atoms with E-state index in [1.54, 1.807) is 3.71 Å². The number of benzene rings is 1. The molecule has 1 heterocycles. The average molecular weight is 196 g/mol. The van der Waals surface area contributed by atoms with Crippen LogP contribution < -0.4 is 0 Å². The van der Waals surface area contributed by atoms with Gasteiger partial charge in [0.25, 0.3) is 0 Å². The second-order valence-electron chi connectivity index (χ2n) is 1.99. The van der Waals surface area contributed by atoms with Crippen LogP contribution in [-0.4, -0.2) is 8.81 Å². The Kier molecular flexibility index (Phi) is 1.24. The number of hydrogen-bond donors (Lipinski definition) is 0. The van der Waals surface area contributed by atoms with Gasteiger partial charge < -0.3 is 0 Å². The molecule has 2 rings (SSSR count). The van der Waals surface area contributed by atoms with E-state index in [1.165, 1.54) is 0 Å². The van der Waals surface area contributed by atoms with E-state index in [1.807, 2.05) is 24.3 Å². The highest BCUT2D eigenvalue weighted by atomic mass is 79.9. The van der Waals surface area contributed by atoms with E-state index in [4.69, 9.17) is 0 Å². The van der Waals surface area contributed by atoms with Gasteiger partial charge in [-0.15, -0.1) is 0 Å². The fraction of sp³-hybridized carbons (Fsp3) is 0. The largest absolute Gasteiger partial charge is 0.196 e. The van der Waals surface area contributed by atoms with Gasteiger partial charge in [-0.25, -0.2) is 0 Å². The second-order valence-corrected chi connectivity index (χ2v) is 2.66. The maximum Gasteiger partial charge on any atom is 0.122 e. The summed E-state index contributed by atoms with van der Waals surface area (Å²) in [5.41, 5.74) is 1.04. The van der Waals surface area contributed by atoms with Crippen LogP contribution in [0.2, 0.25) is 0 Å². The molecule has 10 heavy (non-hydrogen) atoms. The van der Waals surface area contributed by atoms with E-state index >= 15 is 0 Å². The minimum Gasteiger partial charge on any atom is -0.196 e. The topological polar surface area (TPSA) is 17.8 Å². The zero-order valence-electron chi connectivity index (χ0n) is 5.08. The molecule has 3 heteroatoms. The zero-order valence-corrected chi connectivity index (χ0v) is 6.67. The van der Waals surface area contributed by atoms with Gasteiger partial charge in [0.05, 0.1) is 21.7 Å². The van der Waals surface area contributed by atoms with Gasteiger partial charge in [0.2, 0.25) is 0 Å². The molecule has 1 radical (unpaired) electrons. The van der Waals surface area contributed by atoms with Crippen molar-refractivity contribution in [2.45, 2.75) is 0 Å². The van der Waals surface area contributed by atoms with E-state index in [9.17, 15) is 0 Å². The first kappa shape index (κ1) is 5.92. The lowest BCUT2D eigenvalue weighted by molar-refractivity contribution is 1.06. The third-order valence-corrected chi connectivity index (χ3v) is 1.90. The molecule has 0 bridgehead atoms. The molecule has 0 aliphatic rings. The highest BCUT2D eigenvalue weighted by Crippen LogP contribution is 2.12. The third-order valence-electron chi connectivity index (χ3n) is 1.36. The van der Waals surface area contributed by atoms with Crippen molar-refractivity contribution in [3.8, 4) is 0 Å². The molecule has 0 saturated heterocycles. The Hall–Kier alpha value is -0.830. The molecular weight excluding hydrogens is 192 g/mol. The normalized spacial score (nSPS) is 10.5. The van der Waals surface area contributed by atoms with E-state index < -0.39 is 0 Å². The summed E-state index contributed by atoms with van der Waals surface area (Å²) in [6, 6.07) is 7.89. The van der Waals surface area contributed by atoms with Crippen LogP contribution in [-0.2, 0) is 0 Å². The monoisotopic (exact) mass is 195 g/mol. The van der Waals surface area contributed by atoms with Crippen LogP contribution >= 0.6 is 16.1 Å². The lowest BCUT2D eigenvalue weighted by Crippen LogP contribution is -1.77. The number of para-hydroxylation sites is 1. The standard InChI is InChI=1S/C7H4BrN2/c8-10-7-4-2-1-3-6(7)5-9-10/h1-4H. The summed E-state index contributed by atoms with van der Waals surface area (Å²) in [6.07, 6.45) is 2.85. The molecule has 1 aromatic heterocycles. The van der Waals surface area contributed by atoms with Crippen LogP contribution in [0.25, 0.3) is 10.9 Å². The van der Waals surface area contributed by atoms with E-state index in [-0.39, 0.29) is 0 Å². The van der Waals surface area contributed by atoms with Gasteiger partial charge in [-0.1, -0.05) is 18.2 Å². The molecule has 0 unspecified atom stereocenters. The molecular formula is C7H4BrN2. The maximum absolute atomic E-state index is 3.90. The highest BCUT2D eigenvalue weighted by molar-refractivity contribution is 9.08. The van der Waals surface area contributed by atoms with Crippen LogP contribution in [0.4, 0.5) is 0 Å². The second kappa shape index (κ2) is 2.09. The summed E-state index contributed by atoms with van der Waals surface area (Å²) in [6.45, 7) is 0. The summed E-state index contributed by atoms with van der Waals surface area (Å²) in [4.78, 5) is 0. The van der Waals surface area contributed by atoms with Gasteiger partial charge in [0.1, 0.15) is 6.20 Å². The molecule has 0 aliphatic heterocycles. The molecule has 0 amide bonds. The molecule has 0 spiro atoms. The van der Waals surface area contributed by atoms with Crippen molar-refractivity contribution < 1.29 is 0 Å². The number of aromatic nitrogens is 2. The van der Waals surface area contributed by atoms with Crippen molar-refractivity contribution in [3.63, 3.8) is 0 Å². The molecule has 2 nitrogen and oxygen atoms in total. The van der Waals surface area contributed by atoms with Crippen molar-refractivity contribution in [2.24, 2.45) is 0 Å². The number of fused-ring (bicyclic) bond motifs is 1. The van der Waals surface area contributed by atoms with Crippen molar-refractivity contribution >= 4 is 27.1 Å². The molecule has 0 aliphatic carbocycles. The molecule has 0 atom stereocenters. The van der Waals surface area contributed by atoms with E-state index in [0.717, 1.165) is 10.9 Å². The zero-order chi connectivity index (χ0) is 6.97. The third kappa shape index (κ3) is 0.743. The number of nitrogens with zero attached hydrogens (tertiary/aromatic N) is 2. The van der Waals surface area contributed by atoms with Crippen LogP contribution in [0.15, 0.2) is 24.3 Å². The van der Waals surface area contributed by atoms with Gasteiger partial charge in [-0.05, 0) is 6.07 Å². The average Bonchev–Trinajstić information content (AvgIpc) is 2.34.